The van der Waals surface area contributed by atoms with Crippen LogP contribution in [-0.2, 0) is 4.79 Å². The summed E-state index contributed by atoms with van der Waals surface area (Å²) in [6, 6.07) is 9.24. The number of carbonyl (C=O) groups is 2. The van der Waals surface area contributed by atoms with E-state index in [1.165, 1.54) is 0 Å². The summed E-state index contributed by atoms with van der Waals surface area (Å²) in [7, 11) is 0. The van der Waals surface area contributed by atoms with Crippen molar-refractivity contribution in [1.29, 1.82) is 0 Å². The van der Waals surface area contributed by atoms with Gasteiger partial charge in [0.25, 0.3) is 5.91 Å². The van der Waals surface area contributed by atoms with Crippen LogP contribution in [0.4, 0.5) is 0 Å². The fraction of sp³-hybridized carbons (Fsp3) is 0.294. The van der Waals surface area contributed by atoms with Crippen LogP contribution in [-0.4, -0.2) is 28.1 Å². The Bertz CT molecular complexity index is 720. The molecule has 0 saturated carbocycles. The average Bonchev–Trinajstić information content (AvgIpc) is 2.79. The molecule has 2 aromatic rings. The number of aromatic nitrogens is 1. The summed E-state index contributed by atoms with van der Waals surface area (Å²) in [6.45, 7) is 4.16. The highest BCUT2D eigenvalue weighted by atomic mass is 35.5. The molecule has 1 amide bonds. The molecule has 0 fully saturated rings. The van der Waals surface area contributed by atoms with Crippen molar-refractivity contribution in [3.63, 3.8) is 0 Å². The predicted octanol–water partition coefficient (Wildman–Crippen LogP) is 3.34. The second kappa shape index (κ2) is 7.33. The minimum atomic E-state index is -0.861. The number of carboxylic acids is 1. The van der Waals surface area contributed by atoms with Crippen LogP contribution in [0.15, 0.2) is 30.3 Å². The molecule has 2 N–H and O–H groups in total. The van der Waals surface area contributed by atoms with E-state index in [0.29, 0.717) is 23.6 Å². The van der Waals surface area contributed by atoms with Crippen molar-refractivity contribution in [2.75, 3.05) is 6.54 Å². The van der Waals surface area contributed by atoms with Crippen LogP contribution in [0, 0.1) is 13.8 Å². The molecule has 1 aromatic carbocycles. The number of aryl methyl sites for hydroxylation is 1. The summed E-state index contributed by atoms with van der Waals surface area (Å²) in [5.74, 6) is -1.05. The second-order valence-electron chi connectivity index (χ2n) is 5.35. The lowest BCUT2D eigenvalue weighted by molar-refractivity contribution is -0.137. The Labute approximate surface area is 139 Å². The fourth-order valence-electron chi connectivity index (χ4n) is 2.52. The normalized spacial score (nSPS) is 10.6. The molecule has 1 heterocycles. The molecule has 122 valence electrons. The summed E-state index contributed by atoms with van der Waals surface area (Å²) in [5.41, 5.74) is 3.31. The molecule has 2 rings (SSSR count). The van der Waals surface area contributed by atoms with E-state index in [1.807, 2.05) is 36.6 Å². The highest BCUT2D eigenvalue weighted by Crippen LogP contribution is 2.22. The van der Waals surface area contributed by atoms with E-state index in [4.69, 9.17) is 16.7 Å². The zero-order valence-electron chi connectivity index (χ0n) is 13.1. The van der Waals surface area contributed by atoms with Gasteiger partial charge in [0, 0.05) is 35.1 Å². The number of hydrogen-bond donors (Lipinski definition) is 2. The lowest BCUT2D eigenvalue weighted by Crippen LogP contribution is -2.25. The van der Waals surface area contributed by atoms with Gasteiger partial charge >= 0.3 is 5.97 Å². The molecule has 0 aliphatic heterocycles. The van der Waals surface area contributed by atoms with Gasteiger partial charge in [0.1, 0.15) is 0 Å². The number of carboxylic acid groups (broad SMARTS) is 1. The van der Waals surface area contributed by atoms with E-state index < -0.39 is 5.97 Å². The number of benzene rings is 1. The van der Waals surface area contributed by atoms with Gasteiger partial charge in [0.15, 0.2) is 0 Å². The van der Waals surface area contributed by atoms with Gasteiger partial charge in [-0.05, 0) is 50.6 Å². The van der Waals surface area contributed by atoms with Gasteiger partial charge in [-0.2, -0.15) is 0 Å². The molecule has 0 atom stereocenters. The Morgan fingerprint density at radius 3 is 2.48 bits per heavy atom. The van der Waals surface area contributed by atoms with Crippen molar-refractivity contribution in [2.24, 2.45) is 0 Å². The molecule has 6 heteroatoms. The monoisotopic (exact) mass is 334 g/mol. The van der Waals surface area contributed by atoms with Crippen molar-refractivity contribution in [2.45, 2.75) is 26.7 Å². The van der Waals surface area contributed by atoms with E-state index >= 15 is 0 Å². The van der Waals surface area contributed by atoms with Gasteiger partial charge in [-0.3, -0.25) is 9.59 Å². The lowest BCUT2D eigenvalue weighted by atomic mass is 10.2. The highest BCUT2D eigenvalue weighted by Gasteiger charge is 2.16. The first-order valence-corrected chi connectivity index (χ1v) is 7.73. The van der Waals surface area contributed by atoms with Crippen LogP contribution in [0.5, 0.6) is 0 Å². The maximum Gasteiger partial charge on any atom is 0.303 e. The third-order valence-electron chi connectivity index (χ3n) is 3.61. The summed E-state index contributed by atoms with van der Waals surface area (Å²) < 4.78 is 1.99. The van der Waals surface area contributed by atoms with E-state index in [9.17, 15) is 9.59 Å². The zero-order chi connectivity index (χ0) is 17.0. The third-order valence-corrected chi connectivity index (χ3v) is 3.87. The molecule has 0 saturated heterocycles. The molecule has 0 spiro atoms. The average molecular weight is 335 g/mol. The molecule has 0 radical (unpaired) electrons. The van der Waals surface area contributed by atoms with Crippen molar-refractivity contribution in [3.8, 4) is 5.69 Å². The molecule has 0 aliphatic rings. The third kappa shape index (κ3) is 4.13. The van der Waals surface area contributed by atoms with E-state index in [2.05, 4.69) is 5.32 Å². The zero-order valence-corrected chi connectivity index (χ0v) is 13.9. The smallest absolute Gasteiger partial charge is 0.303 e. The first kappa shape index (κ1) is 17.1. The van der Waals surface area contributed by atoms with Crippen LogP contribution < -0.4 is 5.32 Å². The minimum absolute atomic E-state index is 0.0457. The molecule has 5 nitrogen and oxygen atoms in total. The molecule has 0 aliphatic carbocycles. The van der Waals surface area contributed by atoms with E-state index in [1.54, 1.807) is 12.1 Å². The van der Waals surface area contributed by atoms with Crippen molar-refractivity contribution < 1.29 is 14.7 Å². The van der Waals surface area contributed by atoms with Gasteiger partial charge in [0.2, 0.25) is 0 Å². The number of carbonyl (C=O) groups excluding carboxylic acids is 1. The SMILES string of the molecule is Cc1cc(C(=O)NCCCC(=O)O)c(C)n1-c1ccc(Cl)cc1. The summed E-state index contributed by atoms with van der Waals surface area (Å²) in [5, 5.41) is 12.0. The molecule has 23 heavy (non-hydrogen) atoms. The number of halogens is 1. The standard InChI is InChI=1S/C17H19ClN2O3/c1-11-10-15(17(23)19-9-3-4-16(21)22)12(2)20(11)14-7-5-13(18)6-8-14/h5-8,10H,3-4,9H2,1-2H3,(H,19,23)(H,21,22). The molecule has 0 bridgehead atoms. The molecular formula is C17H19ClN2O3. The lowest BCUT2D eigenvalue weighted by Gasteiger charge is -2.10. The Balaban J connectivity index is 2.15. The van der Waals surface area contributed by atoms with Gasteiger partial charge < -0.3 is 15.0 Å². The number of nitrogens with zero attached hydrogens (tertiary/aromatic N) is 1. The quantitative estimate of drug-likeness (QED) is 0.796. The maximum atomic E-state index is 12.3. The van der Waals surface area contributed by atoms with Crippen molar-refractivity contribution in [1.82, 2.24) is 9.88 Å². The van der Waals surface area contributed by atoms with Crippen molar-refractivity contribution >= 4 is 23.5 Å². The van der Waals surface area contributed by atoms with Crippen LogP contribution in [0.3, 0.4) is 0 Å². The van der Waals surface area contributed by atoms with Gasteiger partial charge in [0.05, 0.1) is 5.56 Å². The van der Waals surface area contributed by atoms with Gasteiger partial charge in [-0.1, -0.05) is 11.6 Å². The van der Waals surface area contributed by atoms with Crippen LogP contribution in [0.25, 0.3) is 5.69 Å². The Kier molecular flexibility index (Phi) is 5.45. The number of aliphatic carboxylic acids is 1. The highest BCUT2D eigenvalue weighted by molar-refractivity contribution is 6.30. The number of rotatable bonds is 6. The predicted molar refractivity (Wildman–Crippen MR) is 89.5 cm³/mol. The fourth-order valence-corrected chi connectivity index (χ4v) is 2.64. The minimum Gasteiger partial charge on any atom is -0.481 e. The number of hydrogen-bond acceptors (Lipinski definition) is 2. The van der Waals surface area contributed by atoms with E-state index in [0.717, 1.165) is 17.1 Å². The van der Waals surface area contributed by atoms with Crippen molar-refractivity contribution in [3.05, 3.63) is 52.3 Å². The van der Waals surface area contributed by atoms with Gasteiger partial charge in [-0.15, -0.1) is 0 Å². The van der Waals surface area contributed by atoms with Crippen LogP contribution in [0.1, 0.15) is 34.6 Å². The Hall–Kier alpha value is -2.27. The van der Waals surface area contributed by atoms with E-state index in [-0.39, 0.29) is 12.3 Å². The maximum absolute atomic E-state index is 12.3. The number of nitrogens with one attached hydrogen (secondary N) is 1. The summed E-state index contributed by atoms with van der Waals surface area (Å²) in [6.07, 6.45) is 0.459. The summed E-state index contributed by atoms with van der Waals surface area (Å²) in [4.78, 5) is 22.7. The number of amides is 1. The topological polar surface area (TPSA) is 71.3 Å². The Morgan fingerprint density at radius 1 is 1.22 bits per heavy atom. The molecular weight excluding hydrogens is 316 g/mol. The molecule has 0 unspecified atom stereocenters. The van der Waals surface area contributed by atoms with Gasteiger partial charge in [-0.25, -0.2) is 0 Å². The van der Waals surface area contributed by atoms with Crippen LogP contribution in [0.2, 0.25) is 5.02 Å². The second-order valence-corrected chi connectivity index (χ2v) is 5.79. The Morgan fingerprint density at radius 2 is 1.87 bits per heavy atom. The molecule has 1 aromatic heterocycles. The first-order chi connectivity index (χ1) is 10.9. The first-order valence-electron chi connectivity index (χ1n) is 7.35. The summed E-state index contributed by atoms with van der Waals surface area (Å²) >= 11 is 5.91. The largest absolute Gasteiger partial charge is 0.481 e. The van der Waals surface area contributed by atoms with Crippen LogP contribution >= 0.6 is 11.6 Å².